The van der Waals surface area contributed by atoms with Gasteiger partial charge in [0.25, 0.3) is 0 Å². The highest BCUT2D eigenvalue weighted by Gasteiger charge is 2.27. The molecule has 1 fully saturated rings. The summed E-state index contributed by atoms with van der Waals surface area (Å²) in [5, 5.41) is 8.68. The van der Waals surface area contributed by atoms with Crippen LogP contribution < -0.4 is 5.73 Å². The van der Waals surface area contributed by atoms with Gasteiger partial charge in [0.2, 0.25) is 0 Å². The molecule has 1 atom stereocenters. The van der Waals surface area contributed by atoms with E-state index < -0.39 is 12.0 Å². The minimum absolute atomic E-state index is 0. The number of nitrogens with two attached hydrogens (primary N) is 1. The van der Waals surface area contributed by atoms with Crippen LogP contribution in [0.2, 0.25) is 0 Å². The second kappa shape index (κ2) is 5.45. The molecule has 78 valence electrons. The highest BCUT2D eigenvalue weighted by Crippen LogP contribution is 2.29. The average Bonchev–Trinajstić information content (AvgIpc) is 2.04. The van der Waals surface area contributed by atoms with E-state index in [9.17, 15) is 4.79 Å². The number of halogens is 1. The fourth-order valence-electron chi connectivity index (χ4n) is 1.85. The van der Waals surface area contributed by atoms with Crippen LogP contribution in [0.25, 0.3) is 0 Å². The van der Waals surface area contributed by atoms with E-state index in [4.69, 9.17) is 10.8 Å². The Balaban J connectivity index is 0.00000144. The first-order valence-corrected chi connectivity index (χ1v) is 4.59. The van der Waals surface area contributed by atoms with Gasteiger partial charge < -0.3 is 10.8 Å². The monoisotopic (exact) mass is 207 g/mol. The second-order valence-corrected chi connectivity index (χ2v) is 3.88. The summed E-state index contributed by atoms with van der Waals surface area (Å²) >= 11 is 0. The maximum absolute atomic E-state index is 10.6. The fraction of sp³-hybridized carbons (Fsp3) is 0.889. The Morgan fingerprint density at radius 2 is 1.85 bits per heavy atom. The molecule has 3 N–H and O–H groups in total. The zero-order valence-corrected chi connectivity index (χ0v) is 8.72. The van der Waals surface area contributed by atoms with Gasteiger partial charge in [-0.25, -0.2) is 0 Å². The molecule has 4 heteroatoms. The molecule has 13 heavy (non-hydrogen) atoms. The molecule has 3 nitrogen and oxygen atoms in total. The van der Waals surface area contributed by atoms with Gasteiger partial charge in [0.05, 0.1) is 0 Å². The van der Waals surface area contributed by atoms with E-state index in [-0.39, 0.29) is 18.3 Å². The van der Waals surface area contributed by atoms with Gasteiger partial charge in [0, 0.05) is 0 Å². The lowest BCUT2D eigenvalue weighted by Gasteiger charge is -2.28. The van der Waals surface area contributed by atoms with Crippen molar-refractivity contribution in [3.05, 3.63) is 0 Å². The van der Waals surface area contributed by atoms with Crippen LogP contribution in [0.15, 0.2) is 0 Å². The first-order chi connectivity index (χ1) is 5.61. The van der Waals surface area contributed by atoms with Gasteiger partial charge in [-0.2, -0.15) is 0 Å². The molecule has 0 spiro atoms. The molecule has 0 aliphatic heterocycles. The number of rotatable bonds is 2. The molecule has 1 aliphatic carbocycles. The Bertz CT molecular complexity index is 167. The van der Waals surface area contributed by atoms with Gasteiger partial charge >= 0.3 is 5.97 Å². The maximum atomic E-state index is 10.6. The lowest BCUT2D eigenvalue weighted by molar-refractivity contribution is -0.140. The third-order valence-electron chi connectivity index (χ3n) is 2.85. The Labute approximate surface area is 85.1 Å². The van der Waals surface area contributed by atoms with Crippen LogP contribution >= 0.6 is 12.4 Å². The molecular formula is C9H18ClNO2. The van der Waals surface area contributed by atoms with Crippen LogP contribution in [-0.2, 0) is 4.79 Å². The van der Waals surface area contributed by atoms with Gasteiger partial charge in [-0.15, -0.1) is 12.4 Å². The third kappa shape index (κ3) is 3.53. The van der Waals surface area contributed by atoms with Crippen LogP contribution in [0.4, 0.5) is 0 Å². The SMILES string of the molecule is CC1CCC([C@H](N)C(=O)O)CC1.Cl. The van der Waals surface area contributed by atoms with E-state index in [1.807, 2.05) is 0 Å². The van der Waals surface area contributed by atoms with Gasteiger partial charge in [-0.3, -0.25) is 4.79 Å². The molecule has 0 aromatic carbocycles. The van der Waals surface area contributed by atoms with Crippen LogP contribution in [0.1, 0.15) is 32.6 Å². The van der Waals surface area contributed by atoms with Gasteiger partial charge in [0.15, 0.2) is 0 Å². The van der Waals surface area contributed by atoms with Crippen molar-refractivity contribution in [3.63, 3.8) is 0 Å². The molecule has 1 aliphatic rings. The van der Waals surface area contributed by atoms with Crippen molar-refractivity contribution in [2.45, 2.75) is 38.6 Å². The second-order valence-electron chi connectivity index (χ2n) is 3.88. The minimum atomic E-state index is -0.852. The third-order valence-corrected chi connectivity index (χ3v) is 2.85. The van der Waals surface area contributed by atoms with Crippen molar-refractivity contribution in [2.24, 2.45) is 17.6 Å². The molecule has 0 amide bonds. The van der Waals surface area contributed by atoms with Crippen molar-refractivity contribution >= 4 is 18.4 Å². The quantitative estimate of drug-likeness (QED) is 0.724. The number of carbonyl (C=O) groups is 1. The molecule has 1 rings (SSSR count). The number of hydrogen-bond acceptors (Lipinski definition) is 2. The van der Waals surface area contributed by atoms with Gasteiger partial charge in [-0.05, 0) is 24.7 Å². The van der Waals surface area contributed by atoms with Crippen LogP contribution in [0.5, 0.6) is 0 Å². The predicted octanol–water partition coefficient (Wildman–Crippen LogP) is 1.65. The van der Waals surface area contributed by atoms with Crippen molar-refractivity contribution in [1.82, 2.24) is 0 Å². The summed E-state index contributed by atoms with van der Waals surface area (Å²) in [7, 11) is 0. The molecule has 0 aromatic rings. The molecule has 0 bridgehead atoms. The number of hydrogen-bond donors (Lipinski definition) is 2. The molecule has 0 unspecified atom stereocenters. The molecule has 1 saturated carbocycles. The summed E-state index contributed by atoms with van der Waals surface area (Å²) in [6, 6.07) is -0.641. The lowest BCUT2D eigenvalue weighted by Crippen LogP contribution is -2.39. The largest absolute Gasteiger partial charge is 0.480 e. The van der Waals surface area contributed by atoms with Crippen molar-refractivity contribution in [3.8, 4) is 0 Å². The standard InChI is InChI=1S/C9H17NO2.ClH/c1-6-2-4-7(5-3-6)8(10)9(11)12;/h6-8H,2-5,10H2,1H3,(H,11,12);1H/t6?,7?,8-;/m0./s1. The highest BCUT2D eigenvalue weighted by molar-refractivity contribution is 5.85. The first kappa shape index (κ1) is 12.7. The molecule has 0 radical (unpaired) electrons. The zero-order valence-electron chi connectivity index (χ0n) is 7.90. The number of carboxylic acid groups (broad SMARTS) is 1. The summed E-state index contributed by atoms with van der Waals surface area (Å²) < 4.78 is 0. The Kier molecular flexibility index (Phi) is 5.33. The lowest BCUT2D eigenvalue weighted by atomic mass is 9.79. The normalized spacial score (nSPS) is 30.3. The summed E-state index contributed by atoms with van der Waals surface area (Å²) in [4.78, 5) is 10.6. The van der Waals surface area contributed by atoms with Crippen molar-refractivity contribution in [2.75, 3.05) is 0 Å². The van der Waals surface area contributed by atoms with E-state index in [0.717, 1.165) is 31.6 Å². The number of carboxylic acids is 1. The summed E-state index contributed by atoms with van der Waals surface area (Å²) in [5.74, 6) is 0.107. The smallest absolute Gasteiger partial charge is 0.320 e. The highest BCUT2D eigenvalue weighted by atomic mass is 35.5. The Morgan fingerprint density at radius 1 is 1.38 bits per heavy atom. The minimum Gasteiger partial charge on any atom is -0.480 e. The summed E-state index contributed by atoms with van der Waals surface area (Å²) in [5.41, 5.74) is 5.54. The molecular weight excluding hydrogens is 190 g/mol. The van der Waals surface area contributed by atoms with E-state index in [0.29, 0.717) is 0 Å². The summed E-state index contributed by atoms with van der Waals surface area (Å²) in [6.45, 7) is 2.21. The zero-order chi connectivity index (χ0) is 9.14. The van der Waals surface area contributed by atoms with E-state index in [1.165, 1.54) is 0 Å². The Hall–Kier alpha value is -0.280. The molecule has 0 saturated heterocycles. The van der Waals surface area contributed by atoms with Gasteiger partial charge in [0.1, 0.15) is 6.04 Å². The number of aliphatic carboxylic acids is 1. The fourth-order valence-corrected chi connectivity index (χ4v) is 1.85. The summed E-state index contributed by atoms with van der Waals surface area (Å²) in [6.07, 6.45) is 4.22. The van der Waals surface area contributed by atoms with Crippen LogP contribution in [-0.4, -0.2) is 17.1 Å². The average molecular weight is 208 g/mol. The topological polar surface area (TPSA) is 63.3 Å². The molecule has 0 heterocycles. The van der Waals surface area contributed by atoms with E-state index in [2.05, 4.69) is 6.92 Å². The predicted molar refractivity (Wildman–Crippen MR) is 54.0 cm³/mol. The van der Waals surface area contributed by atoms with Gasteiger partial charge in [-0.1, -0.05) is 19.8 Å². The van der Waals surface area contributed by atoms with Crippen molar-refractivity contribution < 1.29 is 9.90 Å². The maximum Gasteiger partial charge on any atom is 0.320 e. The Morgan fingerprint density at radius 3 is 2.23 bits per heavy atom. The van der Waals surface area contributed by atoms with E-state index >= 15 is 0 Å². The van der Waals surface area contributed by atoms with Crippen molar-refractivity contribution in [1.29, 1.82) is 0 Å². The van der Waals surface area contributed by atoms with E-state index in [1.54, 1.807) is 0 Å². The molecule has 0 aromatic heterocycles. The first-order valence-electron chi connectivity index (χ1n) is 4.59. The van der Waals surface area contributed by atoms with Crippen LogP contribution in [0.3, 0.4) is 0 Å². The van der Waals surface area contributed by atoms with Crippen LogP contribution in [0, 0.1) is 11.8 Å².